The number of carbonyl (C=O) groups is 1. The lowest BCUT2D eigenvalue weighted by atomic mass is 9.79. The molecule has 3 aromatic heterocycles. The van der Waals surface area contributed by atoms with Gasteiger partial charge in [-0.2, -0.15) is 0 Å². The molecule has 1 amide bonds. The highest BCUT2D eigenvalue weighted by atomic mass is 32.1. The van der Waals surface area contributed by atoms with Crippen molar-refractivity contribution in [2.24, 2.45) is 10.4 Å². The maximum atomic E-state index is 15.3. The minimum Gasteiger partial charge on any atom is -0.508 e. The Morgan fingerprint density at radius 1 is 0.913 bits per heavy atom. The number of rotatable bonds is 9. The maximum absolute atomic E-state index is 15.3. The third-order valence-electron chi connectivity index (χ3n) is 14.1. The first-order chi connectivity index (χ1) is 33.3. The van der Waals surface area contributed by atoms with Crippen molar-refractivity contribution in [1.29, 1.82) is 0 Å². The van der Waals surface area contributed by atoms with E-state index >= 15 is 8.78 Å². The van der Waals surface area contributed by atoms with Gasteiger partial charge in [0.05, 0.1) is 23.9 Å². The van der Waals surface area contributed by atoms with Gasteiger partial charge in [0.2, 0.25) is 0 Å². The number of anilines is 1. The summed E-state index contributed by atoms with van der Waals surface area (Å²) in [6.07, 6.45) is 5.57. The molecule has 12 nitrogen and oxygen atoms in total. The van der Waals surface area contributed by atoms with Gasteiger partial charge in [-0.15, -0.1) is 21.5 Å². The average Bonchev–Trinajstić information content (AvgIpc) is 4.14. The van der Waals surface area contributed by atoms with Crippen LogP contribution in [0.4, 0.5) is 18.9 Å². The van der Waals surface area contributed by atoms with Crippen LogP contribution in [0.3, 0.4) is 0 Å². The van der Waals surface area contributed by atoms with E-state index < -0.39 is 29.1 Å². The van der Waals surface area contributed by atoms with Gasteiger partial charge in [0.15, 0.2) is 18.3 Å². The Hall–Kier alpha value is -7.20. The molecule has 0 aliphatic carbocycles. The molecule has 2 saturated heterocycles. The summed E-state index contributed by atoms with van der Waals surface area (Å²) in [5.41, 5.74) is 6.48. The van der Waals surface area contributed by atoms with E-state index in [1.165, 1.54) is 22.6 Å². The molecule has 0 saturated carbocycles. The molecule has 11 rings (SSSR count). The lowest BCUT2D eigenvalue weighted by Gasteiger charge is -2.40. The SMILES string of the molecule is CC1=C(c2c(F)cc(F)cc2F)[C@@H](c2ccc(OCC(=O)N3CCCC4(CCN(c5ccc(C6=N[C@@H](Cc7ncco7)c7nnc(C)n7-c7sc(C)c(C)c76)cc5)C4)C3)cc2)Oc2ccc(O)cc21. The summed E-state index contributed by atoms with van der Waals surface area (Å²) in [6, 6.07) is 20.9. The number of halogens is 3. The first-order valence-corrected chi connectivity index (χ1v) is 23.9. The molecule has 16 heteroatoms. The molecule has 0 bridgehead atoms. The second-order valence-corrected chi connectivity index (χ2v) is 19.7. The Bertz CT molecular complexity index is 3180. The summed E-state index contributed by atoms with van der Waals surface area (Å²) < 4.78 is 64.8. The van der Waals surface area contributed by atoms with Crippen LogP contribution in [-0.2, 0) is 11.2 Å². The number of phenolic OH excluding ortho intramolecular Hbond substituents is 1. The monoisotopic (exact) mass is 951 g/mol. The molecule has 1 unspecified atom stereocenters. The van der Waals surface area contributed by atoms with Crippen molar-refractivity contribution in [3.05, 3.63) is 165 Å². The summed E-state index contributed by atoms with van der Waals surface area (Å²) in [6.45, 7) is 10.8. The highest BCUT2D eigenvalue weighted by molar-refractivity contribution is 7.15. The molecule has 1 N–H and O–H groups in total. The van der Waals surface area contributed by atoms with E-state index in [1.807, 2.05) is 11.8 Å². The third-order valence-corrected chi connectivity index (χ3v) is 15.3. The number of benzene rings is 4. The van der Waals surface area contributed by atoms with Gasteiger partial charge >= 0.3 is 0 Å². The second kappa shape index (κ2) is 17.4. The summed E-state index contributed by atoms with van der Waals surface area (Å²) >= 11 is 1.72. The van der Waals surface area contributed by atoms with Gasteiger partial charge in [-0.3, -0.25) is 14.4 Å². The largest absolute Gasteiger partial charge is 0.508 e. The lowest BCUT2D eigenvalue weighted by Crippen LogP contribution is -2.48. The molecule has 3 atom stereocenters. The van der Waals surface area contributed by atoms with Gasteiger partial charge in [-0.05, 0) is 106 Å². The molecule has 4 aliphatic heterocycles. The van der Waals surface area contributed by atoms with E-state index in [0.717, 1.165) is 71.5 Å². The Kier molecular flexibility index (Phi) is 11.2. The summed E-state index contributed by atoms with van der Waals surface area (Å²) in [4.78, 5) is 29.1. The molecular weight excluding hydrogens is 904 g/mol. The van der Waals surface area contributed by atoms with E-state index in [0.29, 0.717) is 65.7 Å². The number of phenols is 1. The van der Waals surface area contributed by atoms with Gasteiger partial charge in [0.25, 0.3) is 5.91 Å². The number of aryl methyl sites for hydroxylation is 2. The van der Waals surface area contributed by atoms with E-state index in [9.17, 15) is 14.3 Å². The van der Waals surface area contributed by atoms with Crippen molar-refractivity contribution in [1.82, 2.24) is 24.6 Å². The zero-order chi connectivity index (χ0) is 47.7. The molecule has 0 radical (unpaired) electrons. The molecule has 7 aromatic rings. The fraction of sp³-hybridized carbons (Fsp3) is 0.302. The van der Waals surface area contributed by atoms with E-state index in [4.69, 9.17) is 18.9 Å². The summed E-state index contributed by atoms with van der Waals surface area (Å²) in [7, 11) is 0. The van der Waals surface area contributed by atoms with Crippen LogP contribution in [0.2, 0.25) is 0 Å². The number of oxazole rings is 1. The Morgan fingerprint density at radius 2 is 1.70 bits per heavy atom. The van der Waals surface area contributed by atoms with Crippen molar-refractivity contribution in [2.75, 3.05) is 37.7 Å². The van der Waals surface area contributed by atoms with Crippen molar-refractivity contribution >= 4 is 39.8 Å². The van der Waals surface area contributed by atoms with Gasteiger partial charge in [-0.1, -0.05) is 24.3 Å². The standard InChI is InChI=1S/C53H48F3N7O5S/c1-29-31(3)69-52-47(29)49(58-42(25-44-57-18-21-66-44)51-60-59-32(4)63(51)52)33-6-10-36(11-7-33)61-20-17-53(27-61)16-5-19-62(28-53)45(65)26-67-38-13-8-34(9-14-38)50-46(48-40(55)22-35(54)23-41(48)56)30(2)39-24-37(64)12-15-43(39)68-50/h6-15,18,21-24,42,50,64H,5,16-17,19-20,25-28H2,1-4H3/t42-,50+,53?/m0/s1. The van der Waals surface area contributed by atoms with Gasteiger partial charge < -0.3 is 28.8 Å². The maximum Gasteiger partial charge on any atom is 0.260 e. The number of nitrogens with zero attached hydrogens (tertiary/aromatic N) is 7. The third kappa shape index (κ3) is 8.03. The van der Waals surface area contributed by atoms with Crippen molar-refractivity contribution < 1.29 is 37.0 Å². The number of ether oxygens (including phenoxy) is 2. The van der Waals surface area contributed by atoms with E-state index in [-0.39, 0.29) is 35.3 Å². The molecular formula is C53H48F3N7O5S. The fourth-order valence-corrected chi connectivity index (χ4v) is 11.8. The first kappa shape index (κ1) is 44.3. The zero-order valence-electron chi connectivity index (χ0n) is 38.4. The number of aromatic hydroxyl groups is 1. The Morgan fingerprint density at radius 3 is 2.45 bits per heavy atom. The van der Waals surface area contributed by atoms with Crippen LogP contribution < -0.4 is 14.4 Å². The fourth-order valence-electron chi connectivity index (χ4n) is 10.6. The van der Waals surface area contributed by atoms with Crippen molar-refractivity contribution in [2.45, 2.75) is 65.5 Å². The highest BCUT2D eigenvalue weighted by Gasteiger charge is 2.43. The van der Waals surface area contributed by atoms with Gasteiger partial charge in [0, 0.05) is 76.6 Å². The molecule has 2 fully saturated rings. The van der Waals surface area contributed by atoms with Crippen LogP contribution in [0, 0.1) is 43.6 Å². The second-order valence-electron chi connectivity index (χ2n) is 18.5. The number of aromatic nitrogens is 4. The van der Waals surface area contributed by atoms with Crippen molar-refractivity contribution in [3.63, 3.8) is 0 Å². The number of hydrogen-bond acceptors (Lipinski definition) is 11. The molecule has 4 aromatic carbocycles. The number of hydrogen-bond donors (Lipinski definition) is 1. The number of fused-ring (bicyclic) bond motifs is 4. The number of amides is 1. The number of thiophene rings is 1. The van der Waals surface area contributed by atoms with Crippen LogP contribution in [-0.4, -0.2) is 74.2 Å². The highest BCUT2D eigenvalue weighted by Crippen LogP contribution is 2.49. The number of likely N-dealkylation sites (tertiary alicyclic amines) is 1. The minimum atomic E-state index is -1.07. The predicted octanol–water partition coefficient (Wildman–Crippen LogP) is 10.5. The predicted molar refractivity (Wildman–Crippen MR) is 256 cm³/mol. The number of carbonyl (C=O) groups excluding carboxylic acids is 1. The van der Waals surface area contributed by atoms with Crippen LogP contribution in [0.5, 0.6) is 17.2 Å². The van der Waals surface area contributed by atoms with Crippen LogP contribution in [0.15, 0.2) is 101 Å². The molecule has 352 valence electrons. The normalized spacial score (nSPS) is 19.8. The quantitative estimate of drug-likeness (QED) is 0.150. The minimum absolute atomic E-state index is 0.0412. The van der Waals surface area contributed by atoms with E-state index in [1.54, 1.807) is 61.1 Å². The van der Waals surface area contributed by atoms with E-state index in [2.05, 4.69) is 62.8 Å². The summed E-state index contributed by atoms with van der Waals surface area (Å²) in [5.74, 6) is -0.322. The smallest absolute Gasteiger partial charge is 0.260 e. The summed E-state index contributed by atoms with van der Waals surface area (Å²) in [5, 5.41) is 20.3. The van der Waals surface area contributed by atoms with Crippen LogP contribution >= 0.6 is 11.3 Å². The first-order valence-electron chi connectivity index (χ1n) is 23.0. The number of piperidine rings is 1. The van der Waals surface area contributed by atoms with Crippen LogP contribution in [0.1, 0.15) is 94.1 Å². The van der Waals surface area contributed by atoms with Crippen LogP contribution in [0.25, 0.3) is 16.1 Å². The molecule has 1 spiro atoms. The molecule has 4 aliphatic rings. The van der Waals surface area contributed by atoms with Gasteiger partial charge in [-0.25, -0.2) is 18.2 Å². The number of allylic oxidation sites excluding steroid dienone is 1. The topological polar surface area (TPSA) is 131 Å². The molecule has 69 heavy (non-hydrogen) atoms. The number of aliphatic imine (C=N–C) groups is 1. The Labute approximate surface area is 400 Å². The Balaban J connectivity index is 0.766. The van der Waals surface area contributed by atoms with Crippen molar-refractivity contribution in [3.8, 4) is 22.2 Å². The zero-order valence-corrected chi connectivity index (χ0v) is 39.2. The lowest BCUT2D eigenvalue weighted by molar-refractivity contribution is -0.136. The van der Waals surface area contributed by atoms with Gasteiger partial charge in [0.1, 0.15) is 63.9 Å². The molecule has 7 heterocycles. The average molecular weight is 952 g/mol.